The molecule has 0 aliphatic rings. The Hall–Kier alpha value is -3.88. The number of rotatable bonds is 7. The molecule has 9 nitrogen and oxygen atoms in total. The number of aryl methyl sites for hydroxylation is 1. The fourth-order valence-electron chi connectivity index (χ4n) is 4.02. The van der Waals surface area contributed by atoms with Gasteiger partial charge in [0.25, 0.3) is 5.56 Å². The molecule has 0 saturated heterocycles. The number of nitrogens with zero attached hydrogens (tertiary/aromatic N) is 4. The molecule has 172 valence electrons. The number of aromatic nitrogens is 4. The van der Waals surface area contributed by atoms with E-state index in [0.717, 1.165) is 21.5 Å². The minimum absolute atomic E-state index is 0.0788. The summed E-state index contributed by atoms with van der Waals surface area (Å²) >= 11 is 0. The number of benzene rings is 2. The standard InChI is InChI=1S/C24H27N5O4/c1-14(2)21(23-26-16-8-6-7-9-17(16)28(23)3)27-19(30)13-29-24(31)20-15(12-25-29)10-11-18(32-4)22(20)33-5/h6-12,14,21H,13H2,1-5H3,(H,27,30). The second-order valence-corrected chi connectivity index (χ2v) is 8.18. The number of hydrogen-bond acceptors (Lipinski definition) is 6. The topological polar surface area (TPSA) is 100 Å². The third kappa shape index (κ3) is 4.02. The van der Waals surface area contributed by atoms with Crippen LogP contribution in [0.15, 0.2) is 47.4 Å². The first-order valence-electron chi connectivity index (χ1n) is 10.7. The molecule has 0 fully saturated rings. The highest BCUT2D eigenvalue weighted by Gasteiger charge is 2.24. The second-order valence-electron chi connectivity index (χ2n) is 8.18. The summed E-state index contributed by atoms with van der Waals surface area (Å²) in [7, 11) is 4.91. The van der Waals surface area contributed by atoms with Crippen LogP contribution in [0.5, 0.6) is 11.5 Å². The average molecular weight is 450 g/mol. The van der Waals surface area contributed by atoms with Crippen molar-refractivity contribution >= 4 is 27.7 Å². The minimum atomic E-state index is -0.428. The zero-order chi connectivity index (χ0) is 23.7. The fraction of sp³-hybridized carbons (Fsp3) is 0.333. The molecule has 0 bridgehead atoms. The molecule has 0 aliphatic carbocycles. The van der Waals surface area contributed by atoms with Gasteiger partial charge in [0.15, 0.2) is 11.5 Å². The number of amides is 1. The molecular formula is C24H27N5O4. The van der Waals surface area contributed by atoms with E-state index in [-0.39, 0.29) is 24.4 Å². The number of imidazole rings is 1. The number of carbonyl (C=O) groups excluding carboxylic acids is 1. The van der Waals surface area contributed by atoms with Crippen LogP contribution in [0.3, 0.4) is 0 Å². The Morgan fingerprint density at radius 3 is 2.55 bits per heavy atom. The minimum Gasteiger partial charge on any atom is -0.493 e. The quantitative estimate of drug-likeness (QED) is 0.466. The molecule has 4 aromatic rings. The fourth-order valence-corrected chi connectivity index (χ4v) is 4.02. The van der Waals surface area contributed by atoms with E-state index in [1.54, 1.807) is 12.1 Å². The van der Waals surface area contributed by atoms with Crippen LogP contribution in [0.25, 0.3) is 21.8 Å². The Morgan fingerprint density at radius 1 is 1.12 bits per heavy atom. The monoisotopic (exact) mass is 449 g/mol. The molecule has 0 spiro atoms. The van der Waals surface area contributed by atoms with Crippen molar-refractivity contribution in [2.24, 2.45) is 13.0 Å². The van der Waals surface area contributed by atoms with Crippen LogP contribution in [-0.4, -0.2) is 39.5 Å². The Balaban J connectivity index is 1.65. The second kappa shape index (κ2) is 8.93. The van der Waals surface area contributed by atoms with E-state index < -0.39 is 5.56 Å². The van der Waals surface area contributed by atoms with E-state index in [9.17, 15) is 9.59 Å². The Labute approximate surface area is 190 Å². The molecule has 2 aromatic heterocycles. The molecule has 4 rings (SSSR count). The van der Waals surface area contributed by atoms with Gasteiger partial charge in [-0.1, -0.05) is 26.0 Å². The lowest BCUT2D eigenvalue weighted by Gasteiger charge is -2.22. The zero-order valence-corrected chi connectivity index (χ0v) is 19.3. The summed E-state index contributed by atoms with van der Waals surface area (Å²) in [5, 5.41) is 8.13. The van der Waals surface area contributed by atoms with Gasteiger partial charge in [-0.2, -0.15) is 5.10 Å². The van der Waals surface area contributed by atoms with Gasteiger partial charge in [0.1, 0.15) is 12.4 Å². The van der Waals surface area contributed by atoms with E-state index in [2.05, 4.69) is 10.4 Å². The molecule has 1 atom stereocenters. The van der Waals surface area contributed by atoms with Crippen molar-refractivity contribution in [3.05, 3.63) is 58.8 Å². The summed E-state index contributed by atoms with van der Waals surface area (Å²) in [6.07, 6.45) is 1.54. The van der Waals surface area contributed by atoms with Gasteiger partial charge in [-0.25, -0.2) is 9.67 Å². The molecule has 2 aromatic carbocycles. The van der Waals surface area contributed by atoms with Gasteiger partial charge in [-0.15, -0.1) is 0 Å². The normalized spacial score (nSPS) is 12.3. The maximum Gasteiger partial charge on any atom is 0.279 e. The van der Waals surface area contributed by atoms with Gasteiger partial charge in [-0.05, 0) is 30.2 Å². The van der Waals surface area contributed by atoms with E-state index in [1.165, 1.54) is 20.4 Å². The van der Waals surface area contributed by atoms with E-state index in [1.807, 2.05) is 49.7 Å². The molecule has 1 unspecified atom stereocenters. The van der Waals surface area contributed by atoms with Crippen LogP contribution >= 0.6 is 0 Å². The van der Waals surface area contributed by atoms with Crippen LogP contribution in [0.2, 0.25) is 0 Å². The Morgan fingerprint density at radius 2 is 1.88 bits per heavy atom. The third-order valence-electron chi connectivity index (χ3n) is 5.74. The zero-order valence-electron chi connectivity index (χ0n) is 19.3. The summed E-state index contributed by atoms with van der Waals surface area (Å²) in [6, 6.07) is 10.9. The molecule has 9 heteroatoms. The first kappa shape index (κ1) is 22.3. The highest BCUT2D eigenvalue weighted by atomic mass is 16.5. The first-order chi connectivity index (χ1) is 15.8. The highest BCUT2D eigenvalue weighted by molar-refractivity contribution is 5.89. The van der Waals surface area contributed by atoms with Gasteiger partial charge in [0.2, 0.25) is 5.91 Å². The van der Waals surface area contributed by atoms with Crippen LogP contribution < -0.4 is 20.3 Å². The summed E-state index contributed by atoms with van der Waals surface area (Å²) < 4.78 is 13.8. The van der Waals surface area contributed by atoms with Crippen LogP contribution in [0.4, 0.5) is 0 Å². The van der Waals surface area contributed by atoms with E-state index >= 15 is 0 Å². The largest absolute Gasteiger partial charge is 0.493 e. The number of hydrogen-bond donors (Lipinski definition) is 1. The predicted molar refractivity (Wildman–Crippen MR) is 126 cm³/mol. The smallest absolute Gasteiger partial charge is 0.279 e. The van der Waals surface area contributed by atoms with Gasteiger partial charge >= 0.3 is 0 Å². The van der Waals surface area contributed by atoms with E-state index in [4.69, 9.17) is 14.5 Å². The SMILES string of the molecule is COc1ccc2cnn(CC(=O)NC(c3nc4ccccc4n3C)C(C)C)c(=O)c2c1OC. The number of fused-ring (bicyclic) bond motifs is 2. The van der Waals surface area contributed by atoms with Crippen molar-refractivity contribution in [1.82, 2.24) is 24.6 Å². The lowest BCUT2D eigenvalue weighted by Crippen LogP contribution is -2.38. The van der Waals surface area contributed by atoms with Gasteiger partial charge < -0.3 is 19.4 Å². The highest BCUT2D eigenvalue weighted by Crippen LogP contribution is 2.32. The number of para-hydroxylation sites is 2. The van der Waals surface area contributed by atoms with Crippen LogP contribution in [0.1, 0.15) is 25.7 Å². The number of ether oxygens (including phenoxy) is 2. The maximum atomic E-state index is 13.1. The van der Waals surface area contributed by atoms with Crippen molar-refractivity contribution in [3.8, 4) is 11.5 Å². The van der Waals surface area contributed by atoms with Gasteiger partial charge in [0.05, 0.1) is 42.9 Å². The lowest BCUT2D eigenvalue weighted by atomic mass is 10.0. The van der Waals surface area contributed by atoms with Crippen LogP contribution in [-0.2, 0) is 18.4 Å². The van der Waals surface area contributed by atoms with Crippen LogP contribution in [0, 0.1) is 5.92 Å². The summed E-state index contributed by atoms with van der Waals surface area (Å²) in [5.41, 5.74) is 1.42. The number of nitrogens with one attached hydrogen (secondary N) is 1. The van der Waals surface area contributed by atoms with Crippen molar-refractivity contribution in [2.45, 2.75) is 26.4 Å². The third-order valence-corrected chi connectivity index (χ3v) is 5.74. The van der Waals surface area contributed by atoms with Crippen molar-refractivity contribution in [1.29, 1.82) is 0 Å². The molecule has 2 heterocycles. The average Bonchev–Trinajstić information content (AvgIpc) is 3.14. The summed E-state index contributed by atoms with van der Waals surface area (Å²) in [6.45, 7) is 3.80. The summed E-state index contributed by atoms with van der Waals surface area (Å²) in [4.78, 5) is 30.9. The molecule has 1 N–H and O–H groups in total. The van der Waals surface area contributed by atoms with Crippen molar-refractivity contribution in [2.75, 3.05) is 14.2 Å². The predicted octanol–water partition coefficient (Wildman–Crippen LogP) is 2.81. The Kier molecular flexibility index (Phi) is 6.04. The van der Waals surface area contributed by atoms with Gasteiger partial charge in [0, 0.05) is 12.4 Å². The number of methoxy groups -OCH3 is 2. The summed E-state index contributed by atoms with van der Waals surface area (Å²) in [5.74, 6) is 1.25. The molecule has 33 heavy (non-hydrogen) atoms. The maximum absolute atomic E-state index is 13.1. The molecular weight excluding hydrogens is 422 g/mol. The van der Waals surface area contributed by atoms with Gasteiger partial charge in [-0.3, -0.25) is 9.59 Å². The Bertz CT molecular complexity index is 1390. The molecule has 1 amide bonds. The molecule has 0 aliphatic heterocycles. The molecule has 0 radical (unpaired) electrons. The van der Waals surface area contributed by atoms with E-state index in [0.29, 0.717) is 22.3 Å². The van der Waals surface area contributed by atoms with Crippen molar-refractivity contribution < 1.29 is 14.3 Å². The lowest BCUT2D eigenvalue weighted by molar-refractivity contribution is -0.123. The number of carbonyl (C=O) groups is 1. The molecule has 0 saturated carbocycles. The first-order valence-corrected chi connectivity index (χ1v) is 10.7. The van der Waals surface area contributed by atoms with Crippen molar-refractivity contribution in [3.63, 3.8) is 0 Å².